The molecule has 22 heavy (non-hydrogen) atoms. The number of rotatable bonds is 7. The van der Waals surface area contributed by atoms with Gasteiger partial charge < -0.3 is 14.2 Å². The number of ether oxygens (including phenoxy) is 3. The van der Waals surface area contributed by atoms with Crippen LogP contribution in [0.5, 0.6) is 11.5 Å². The number of methoxy groups -OCH3 is 1. The summed E-state index contributed by atoms with van der Waals surface area (Å²) in [4.78, 5) is 23.3. The van der Waals surface area contributed by atoms with Crippen LogP contribution >= 0.6 is 0 Å². The van der Waals surface area contributed by atoms with Crippen LogP contribution in [0.3, 0.4) is 0 Å². The lowest BCUT2D eigenvalue weighted by molar-refractivity contribution is -0.134. The molecule has 0 saturated heterocycles. The molecular weight excluding hydrogens is 284 g/mol. The lowest BCUT2D eigenvalue weighted by atomic mass is 10.1. The van der Waals surface area contributed by atoms with Crippen LogP contribution in [0.25, 0.3) is 0 Å². The van der Waals surface area contributed by atoms with Crippen LogP contribution in [0.2, 0.25) is 0 Å². The maximum Gasteiger partial charge on any atom is 0.330 e. The molecule has 1 rings (SSSR count). The van der Waals surface area contributed by atoms with Crippen molar-refractivity contribution in [3.63, 3.8) is 0 Å². The van der Waals surface area contributed by atoms with E-state index < -0.39 is 5.97 Å². The van der Waals surface area contributed by atoms with Crippen molar-refractivity contribution in [1.82, 2.24) is 0 Å². The molecule has 120 valence electrons. The first kappa shape index (κ1) is 17.8. The van der Waals surface area contributed by atoms with Gasteiger partial charge in [-0.3, -0.25) is 4.79 Å². The van der Waals surface area contributed by atoms with Gasteiger partial charge in [-0.15, -0.1) is 0 Å². The minimum atomic E-state index is -0.584. The van der Waals surface area contributed by atoms with Crippen molar-refractivity contribution in [1.29, 1.82) is 0 Å². The van der Waals surface area contributed by atoms with Gasteiger partial charge >= 0.3 is 5.97 Å². The molecule has 0 fully saturated rings. The fourth-order valence-corrected chi connectivity index (χ4v) is 1.70. The van der Waals surface area contributed by atoms with Gasteiger partial charge in [-0.25, -0.2) is 4.79 Å². The number of hydrogen-bond donors (Lipinski definition) is 0. The standard InChI is InChI=1S/C17H22O5/c1-11(2)21-13-6-7-14(16(10-13)22-12(3)4)15(18)8-9-17(19)20-5/h6-12H,1-5H3/b9-8+. The van der Waals surface area contributed by atoms with E-state index in [0.29, 0.717) is 17.1 Å². The second-order valence-electron chi connectivity index (χ2n) is 5.21. The van der Waals surface area contributed by atoms with E-state index in [-0.39, 0.29) is 18.0 Å². The lowest BCUT2D eigenvalue weighted by Gasteiger charge is -2.16. The maximum atomic E-state index is 12.2. The molecule has 0 radical (unpaired) electrons. The van der Waals surface area contributed by atoms with E-state index in [2.05, 4.69) is 4.74 Å². The summed E-state index contributed by atoms with van der Waals surface area (Å²) < 4.78 is 15.7. The summed E-state index contributed by atoms with van der Waals surface area (Å²) in [6.07, 6.45) is 2.18. The van der Waals surface area contributed by atoms with Gasteiger partial charge in [0.25, 0.3) is 0 Å². The Balaban J connectivity index is 3.08. The molecule has 0 bridgehead atoms. The van der Waals surface area contributed by atoms with Crippen LogP contribution in [-0.2, 0) is 9.53 Å². The Morgan fingerprint density at radius 1 is 1.00 bits per heavy atom. The zero-order chi connectivity index (χ0) is 16.7. The molecule has 0 aliphatic rings. The molecule has 0 aliphatic carbocycles. The first-order valence-corrected chi connectivity index (χ1v) is 7.11. The number of benzene rings is 1. The summed E-state index contributed by atoms with van der Waals surface area (Å²) in [6, 6.07) is 5.00. The van der Waals surface area contributed by atoms with E-state index in [1.807, 2.05) is 27.7 Å². The van der Waals surface area contributed by atoms with Gasteiger partial charge in [0.05, 0.1) is 24.9 Å². The van der Waals surface area contributed by atoms with Crippen molar-refractivity contribution in [2.45, 2.75) is 39.9 Å². The van der Waals surface area contributed by atoms with E-state index in [1.54, 1.807) is 18.2 Å². The SMILES string of the molecule is COC(=O)/C=C/C(=O)c1ccc(OC(C)C)cc1OC(C)C. The van der Waals surface area contributed by atoms with Gasteiger partial charge in [0.1, 0.15) is 11.5 Å². The molecule has 5 heteroatoms. The third-order valence-electron chi connectivity index (χ3n) is 2.52. The van der Waals surface area contributed by atoms with E-state index in [0.717, 1.165) is 12.2 Å². The predicted octanol–water partition coefficient (Wildman–Crippen LogP) is 3.17. The largest absolute Gasteiger partial charge is 0.491 e. The van der Waals surface area contributed by atoms with Crippen molar-refractivity contribution < 1.29 is 23.8 Å². The Morgan fingerprint density at radius 2 is 1.64 bits per heavy atom. The highest BCUT2D eigenvalue weighted by atomic mass is 16.5. The third-order valence-corrected chi connectivity index (χ3v) is 2.52. The molecular formula is C17H22O5. The number of esters is 1. The molecule has 0 aliphatic heterocycles. The summed E-state index contributed by atoms with van der Waals surface area (Å²) in [5.74, 6) is 0.128. The second kappa shape index (κ2) is 8.22. The smallest absolute Gasteiger partial charge is 0.330 e. The molecule has 1 aromatic rings. The van der Waals surface area contributed by atoms with Crippen LogP contribution < -0.4 is 9.47 Å². The minimum Gasteiger partial charge on any atom is -0.491 e. The van der Waals surface area contributed by atoms with Gasteiger partial charge in [0, 0.05) is 12.1 Å². The molecule has 5 nitrogen and oxygen atoms in total. The monoisotopic (exact) mass is 306 g/mol. The van der Waals surface area contributed by atoms with Gasteiger partial charge in [0.15, 0.2) is 5.78 Å². The highest BCUT2D eigenvalue weighted by Gasteiger charge is 2.14. The summed E-state index contributed by atoms with van der Waals surface area (Å²) in [7, 11) is 1.25. The highest BCUT2D eigenvalue weighted by Crippen LogP contribution is 2.27. The Bertz CT molecular complexity index is 558. The van der Waals surface area contributed by atoms with Gasteiger partial charge in [-0.2, -0.15) is 0 Å². The summed E-state index contributed by atoms with van der Waals surface area (Å²) in [5, 5.41) is 0. The first-order valence-electron chi connectivity index (χ1n) is 7.11. The number of allylic oxidation sites excluding steroid dienone is 1. The molecule has 0 spiro atoms. The topological polar surface area (TPSA) is 61.8 Å². The summed E-state index contributed by atoms with van der Waals surface area (Å²) in [6.45, 7) is 7.57. The number of hydrogen-bond acceptors (Lipinski definition) is 5. The molecule has 0 unspecified atom stereocenters. The zero-order valence-corrected chi connectivity index (χ0v) is 13.6. The average Bonchev–Trinajstić information content (AvgIpc) is 2.43. The van der Waals surface area contributed by atoms with E-state index in [4.69, 9.17) is 9.47 Å². The molecule has 0 amide bonds. The summed E-state index contributed by atoms with van der Waals surface area (Å²) >= 11 is 0. The van der Waals surface area contributed by atoms with Crippen molar-refractivity contribution >= 4 is 11.8 Å². The van der Waals surface area contributed by atoms with Gasteiger partial charge in [0.2, 0.25) is 0 Å². The Morgan fingerprint density at radius 3 is 2.18 bits per heavy atom. The van der Waals surface area contributed by atoms with E-state index in [1.165, 1.54) is 7.11 Å². The van der Waals surface area contributed by atoms with Crippen LogP contribution in [0.4, 0.5) is 0 Å². The molecule has 0 saturated carbocycles. The molecule has 0 heterocycles. The summed E-state index contributed by atoms with van der Waals surface area (Å²) in [5.41, 5.74) is 0.366. The fraction of sp³-hybridized carbons (Fsp3) is 0.412. The Hall–Kier alpha value is -2.30. The third kappa shape index (κ3) is 5.60. The Kier molecular flexibility index (Phi) is 6.63. The molecule has 1 aromatic carbocycles. The van der Waals surface area contributed by atoms with Crippen LogP contribution in [0.1, 0.15) is 38.1 Å². The molecule has 0 atom stereocenters. The van der Waals surface area contributed by atoms with Gasteiger partial charge in [-0.05, 0) is 45.9 Å². The van der Waals surface area contributed by atoms with Crippen molar-refractivity contribution in [3.8, 4) is 11.5 Å². The predicted molar refractivity (Wildman–Crippen MR) is 83.5 cm³/mol. The normalized spacial score (nSPS) is 11.0. The van der Waals surface area contributed by atoms with Gasteiger partial charge in [-0.1, -0.05) is 0 Å². The van der Waals surface area contributed by atoms with E-state index in [9.17, 15) is 9.59 Å². The number of carbonyl (C=O) groups excluding carboxylic acids is 2. The molecule has 0 N–H and O–H groups in total. The molecule has 0 aromatic heterocycles. The Labute approximate surface area is 130 Å². The van der Waals surface area contributed by atoms with E-state index >= 15 is 0 Å². The second-order valence-corrected chi connectivity index (χ2v) is 5.21. The number of ketones is 1. The highest BCUT2D eigenvalue weighted by molar-refractivity contribution is 6.08. The van der Waals surface area contributed by atoms with Crippen molar-refractivity contribution in [2.75, 3.05) is 7.11 Å². The first-order chi connectivity index (χ1) is 10.3. The lowest BCUT2D eigenvalue weighted by Crippen LogP contribution is -2.11. The van der Waals surface area contributed by atoms with Crippen LogP contribution in [0, 0.1) is 0 Å². The van der Waals surface area contributed by atoms with Crippen molar-refractivity contribution in [2.24, 2.45) is 0 Å². The average molecular weight is 306 g/mol. The quantitative estimate of drug-likeness (QED) is 0.440. The van der Waals surface area contributed by atoms with Crippen LogP contribution in [0.15, 0.2) is 30.4 Å². The maximum absolute atomic E-state index is 12.2. The minimum absolute atomic E-state index is 0.0210. The van der Waals surface area contributed by atoms with Crippen molar-refractivity contribution in [3.05, 3.63) is 35.9 Å². The van der Waals surface area contributed by atoms with Crippen LogP contribution in [-0.4, -0.2) is 31.1 Å². The fourth-order valence-electron chi connectivity index (χ4n) is 1.70. The number of carbonyl (C=O) groups is 2. The zero-order valence-electron chi connectivity index (χ0n) is 13.6.